The molecule has 0 bridgehead atoms. The highest BCUT2D eigenvalue weighted by atomic mass is 16.3. The molecule has 0 fully saturated rings. The molecule has 5 nitrogen and oxygen atoms in total. The Morgan fingerprint density at radius 3 is 2.54 bits per heavy atom. The highest BCUT2D eigenvalue weighted by molar-refractivity contribution is 6.13. The van der Waals surface area contributed by atoms with Crippen LogP contribution in [0.1, 0.15) is 6.42 Å². The molecule has 4 rings (SSSR count). The number of hydrazone groups is 1. The van der Waals surface area contributed by atoms with Gasteiger partial charge in [-0.25, -0.2) is 0 Å². The second kappa shape index (κ2) is 5.70. The largest absolute Gasteiger partial charge is 0.456 e. The SMILES string of the molecule is NN=C1C=c2oc3c/c(=N/N)ccc-3c(-c3ccccc3)c2=CC1. The van der Waals surface area contributed by atoms with Crippen LogP contribution in [0.5, 0.6) is 0 Å². The van der Waals surface area contributed by atoms with Crippen LogP contribution in [-0.2, 0) is 0 Å². The van der Waals surface area contributed by atoms with Crippen LogP contribution in [0.15, 0.2) is 63.2 Å². The fraction of sp³-hybridized carbons (Fsp3) is 0.0526. The number of hydrogen-bond donors (Lipinski definition) is 2. The van der Waals surface area contributed by atoms with Crippen LogP contribution in [0.4, 0.5) is 0 Å². The maximum atomic E-state index is 6.08. The zero-order valence-electron chi connectivity index (χ0n) is 12.9. The third kappa shape index (κ3) is 2.27. The van der Waals surface area contributed by atoms with Crippen molar-refractivity contribution < 1.29 is 4.42 Å². The minimum absolute atomic E-state index is 0.665. The van der Waals surface area contributed by atoms with Crippen LogP contribution in [0, 0.1) is 0 Å². The molecule has 0 spiro atoms. The first kappa shape index (κ1) is 14.3. The standard InChI is InChI=1S/C19H16N4O/c20-22-13-6-8-15-17(10-13)24-18-11-14(23-21)7-9-16(18)19(15)12-4-2-1-3-5-12/h1-6,8-11H,7,20-21H2/b22-13+,23-14?. The van der Waals surface area contributed by atoms with Gasteiger partial charge in [-0.05, 0) is 17.7 Å². The van der Waals surface area contributed by atoms with Crippen LogP contribution >= 0.6 is 0 Å². The predicted molar refractivity (Wildman–Crippen MR) is 94.9 cm³/mol. The predicted octanol–water partition coefficient (Wildman–Crippen LogP) is 1.11. The van der Waals surface area contributed by atoms with E-state index in [4.69, 9.17) is 16.1 Å². The summed E-state index contributed by atoms with van der Waals surface area (Å²) < 4.78 is 6.08. The van der Waals surface area contributed by atoms with Crippen molar-refractivity contribution >= 4 is 17.9 Å². The van der Waals surface area contributed by atoms with E-state index in [1.165, 1.54) is 0 Å². The normalized spacial score (nSPS) is 15.8. The van der Waals surface area contributed by atoms with Gasteiger partial charge in [-0.3, -0.25) is 0 Å². The quantitative estimate of drug-likeness (QED) is 0.520. The molecule has 0 amide bonds. The lowest BCUT2D eigenvalue weighted by Gasteiger charge is -2.15. The molecule has 4 N–H and O–H groups in total. The van der Waals surface area contributed by atoms with Crippen molar-refractivity contribution in [2.75, 3.05) is 0 Å². The van der Waals surface area contributed by atoms with Gasteiger partial charge in [0.15, 0.2) is 0 Å². The highest BCUT2D eigenvalue weighted by Crippen LogP contribution is 2.28. The molecule has 0 radical (unpaired) electrons. The van der Waals surface area contributed by atoms with Gasteiger partial charge < -0.3 is 16.1 Å². The third-order valence-electron chi connectivity index (χ3n) is 4.18. The lowest BCUT2D eigenvalue weighted by Crippen LogP contribution is -2.32. The van der Waals surface area contributed by atoms with Gasteiger partial charge in [0.05, 0.1) is 11.1 Å². The van der Waals surface area contributed by atoms with Crippen molar-refractivity contribution in [1.29, 1.82) is 0 Å². The van der Waals surface area contributed by atoms with E-state index < -0.39 is 0 Å². The van der Waals surface area contributed by atoms with Crippen molar-refractivity contribution in [2.45, 2.75) is 6.42 Å². The molecule has 0 saturated heterocycles. The first-order valence-corrected chi connectivity index (χ1v) is 7.65. The van der Waals surface area contributed by atoms with Gasteiger partial charge in [-0.1, -0.05) is 36.4 Å². The van der Waals surface area contributed by atoms with Gasteiger partial charge in [-0.2, -0.15) is 10.2 Å². The highest BCUT2D eigenvalue weighted by Gasteiger charge is 2.16. The summed E-state index contributed by atoms with van der Waals surface area (Å²) in [4.78, 5) is 0. The Hall–Kier alpha value is -3.34. The van der Waals surface area contributed by atoms with Crippen LogP contribution in [0.2, 0.25) is 0 Å². The Labute approximate surface area is 138 Å². The molecular weight excluding hydrogens is 300 g/mol. The molecular formula is C19H16N4O. The fourth-order valence-corrected chi connectivity index (χ4v) is 3.06. The van der Waals surface area contributed by atoms with Crippen molar-refractivity contribution in [3.8, 4) is 22.5 Å². The van der Waals surface area contributed by atoms with Gasteiger partial charge >= 0.3 is 0 Å². The van der Waals surface area contributed by atoms with Crippen LogP contribution in [0.3, 0.4) is 0 Å². The molecule has 3 aliphatic rings. The minimum atomic E-state index is 0.665. The summed E-state index contributed by atoms with van der Waals surface area (Å²) in [6.45, 7) is 0. The molecule has 1 heterocycles. The molecule has 2 aliphatic carbocycles. The molecule has 0 atom stereocenters. The van der Waals surface area contributed by atoms with E-state index in [0.29, 0.717) is 11.8 Å². The Morgan fingerprint density at radius 1 is 0.958 bits per heavy atom. The van der Waals surface area contributed by atoms with E-state index in [1.54, 1.807) is 0 Å². The lowest BCUT2D eigenvalue weighted by molar-refractivity contribution is 0.524. The fourth-order valence-electron chi connectivity index (χ4n) is 3.06. The lowest BCUT2D eigenvalue weighted by atomic mass is 9.93. The molecule has 118 valence electrons. The average molecular weight is 316 g/mol. The maximum Gasteiger partial charge on any atom is 0.137 e. The monoisotopic (exact) mass is 316 g/mol. The summed E-state index contributed by atoms with van der Waals surface area (Å²) >= 11 is 0. The smallest absolute Gasteiger partial charge is 0.137 e. The second-order valence-electron chi connectivity index (χ2n) is 5.60. The number of nitrogens with two attached hydrogens (primary N) is 2. The number of benzene rings is 2. The van der Waals surface area contributed by atoms with E-state index in [2.05, 4.69) is 28.4 Å². The first-order valence-electron chi connectivity index (χ1n) is 7.65. The van der Waals surface area contributed by atoms with Crippen LogP contribution in [-0.4, -0.2) is 5.71 Å². The summed E-state index contributed by atoms with van der Waals surface area (Å²) in [7, 11) is 0. The van der Waals surface area contributed by atoms with Gasteiger partial charge in [0.2, 0.25) is 0 Å². The van der Waals surface area contributed by atoms with Crippen molar-refractivity contribution in [2.24, 2.45) is 21.9 Å². The Kier molecular flexibility index (Phi) is 3.39. The summed E-state index contributed by atoms with van der Waals surface area (Å²) in [5.41, 5.74) is 4.80. The molecule has 1 aliphatic heterocycles. The Morgan fingerprint density at radius 2 is 1.79 bits per heavy atom. The molecule has 24 heavy (non-hydrogen) atoms. The van der Waals surface area contributed by atoms with Gasteiger partial charge in [-0.15, -0.1) is 0 Å². The summed E-state index contributed by atoms with van der Waals surface area (Å²) in [6.07, 6.45) is 4.67. The Bertz CT molecular complexity index is 1090. The van der Waals surface area contributed by atoms with E-state index in [1.807, 2.05) is 42.5 Å². The summed E-state index contributed by atoms with van der Waals surface area (Å²) in [5, 5.41) is 9.26. The van der Waals surface area contributed by atoms with Crippen molar-refractivity contribution in [1.82, 2.24) is 0 Å². The van der Waals surface area contributed by atoms with E-state index in [0.717, 1.165) is 38.8 Å². The number of rotatable bonds is 1. The van der Waals surface area contributed by atoms with Gasteiger partial charge in [0, 0.05) is 34.9 Å². The molecule has 1 aromatic carbocycles. The zero-order chi connectivity index (χ0) is 16.5. The average Bonchev–Trinajstić information content (AvgIpc) is 2.65. The van der Waals surface area contributed by atoms with Gasteiger partial charge in [0.1, 0.15) is 11.2 Å². The minimum Gasteiger partial charge on any atom is -0.456 e. The second-order valence-corrected chi connectivity index (χ2v) is 5.60. The molecule has 5 heteroatoms. The van der Waals surface area contributed by atoms with Crippen LogP contribution < -0.4 is 27.7 Å². The van der Waals surface area contributed by atoms with E-state index in [-0.39, 0.29) is 0 Å². The third-order valence-corrected chi connectivity index (χ3v) is 4.18. The Balaban J connectivity index is 2.18. The first-order chi connectivity index (χ1) is 11.8. The molecule has 0 unspecified atom stereocenters. The van der Waals surface area contributed by atoms with E-state index in [9.17, 15) is 0 Å². The summed E-state index contributed by atoms with van der Waals surface area (Å²) in [6, 6.07) is 16.0. The summed E-state index contributed by atoms with van der Waals surface area (Å²) in [5.74, 6) is 11.6. The number of fused-ring (bicyclic) bond motifs is 2. The van der Waals surface area contributed by atoms with Crippen molar-refractivity contribution in [3.05, 3.63) is 64.5 Å². The number of nitrogens with zero attached hydrogens (tertiary/aromatic N) is 2. The number of hydrogen-bond acceptors (Lipinski definition) is 5. The van der Waals surface area contributed by atoms with E-state index >= 15 is 0 Å². The molecule has 0 aromatic heterocycles. The maximum absolute atomic E-state index is 6.08. The van der Waals surface area contributed by atoms with Crippen molar-refractivity contribution in [3.63, 3.8) is 0 Å². The molecule has 0 saturated carbocycles. The topological polar surface area (TPSA) is 89.9 Å². The zero-order valence-corrected chi connectivity index (χ0v) is 12.9. The molecule has 1 aromatic rings. The van der Waals surface area contributed by atoms with Crippen LogP contribution in [0.25, 0.3) is 34.6 Å². The van der Waals surface area contributed by atoms with Gasteiger partial charge in [0.25, 0.3) is 0 Å².